The third kappa shape index (κ3) is 2.81. The van der Waals surface area contributed by atoms with Gasteiger partial charge in [-0.15, -0.1) is 0 Å². The molecule has 1 unspecified atom stereocenters. The third-order valence-corrected chi connectivity index (χ3v) is 3.78. The molecule has 102 valence electrons. The minimum absolute atomic E-state index is 0.0965. The standard InChI is InChI=1S/C12H21N3O3/c1-9(16)15-5-2-10(3-6-15)14-11(17)12(13)4-7-18-8-12/h10H,2-8,13H2,1H3,(H,14,17). The van der Waals surface area contributed by atoms with Gasteiger partial charge in [-0.25, -0.2) is 0 Å². The van der Waals surface area contributed by atoms with Crippen molar-refractivity contribution in [3.05, 3.63) is 0 Å². The highest BCUT2D eigenvalue weighted by Gasteiger charge is 2.39. The molecule has 2 fully saturated rings. The molecule has 0 aliphatic carbocycles. The summed E-state index contributed by atoms with van der Waals surface area (Å²) in [5.41, 5.74) is 5.13. The first-order valence-corrected chi connectivity index (χ1v) is 6.44. The van der Waals surface area contributed by atoms with Crippen LogP contribution in [0.25, 0.3) is 0 Å². The molecule has 0 bridgehead atoms. The summed E-state index contributed by atoms with van der Waals surface area (Å²) >= 11 is 0. The number of nitrogens with two attached hydrogens (primary N) is 1. The highest BCUT2D eigenvalue weighted by Crippen LogP contribution is 2.17. The van der Waals surface area contributed by atoms with E-state index in [1.165, 1.54) is 0 Å². The highest BCUT2D eigenvalue weighted by molar-refractivity contribution is 5.86. The van der Waals surface area contributed by atoms with Crippen molar-refractivity contribution in [3.8, 4) is 0 Å². The number of hydrogen-bond donors (Lipinski definition) is 2. The predicted molar refractivity (Wildman–Crippen MR) is 65.8 cm³/mol. The molecule has 2 amide bonds. The number of piperidine rings is 1. The Kier molecular flexibility index (Phi) is 3.87. The van der Waals surface area contributed by atoms with Gasteiger partial charge in [0.1, 0.15) is 5.54 Å². The molecular formula is C12H21N3O3. The van der Waals surface area contributed by atoms with E-state index in [2.05, 4.69) is 5.32 Å². The van der Waals surface area contributed by atoms with Crippen LogP contribution in [0.2, 0.25) is 0 Å². The second-order valence-corrected chi connectivity index (χ2v) is 5.21. The lowest BCUT2D eigenvalue weighted by atomic mass is 9.97. The SMILES string of the molecule is CC(=O)N1CCC(NC(=O)C2(N)CCOC2)CC1. The van der Waals surface area contributed by atoms with E-state index in [4.69, 9.17) is 10.5 Å². The molecule has 18 heavy (non-hydrogen) atoms. The van der Waals surface area contributed by atoms with Gasteiger partial charge in [0.2, 0.25) is 11.8 Å². The third-order valence-electron chi connectivity index (χ3n) is 3.78. The molecule has 0 aromatic carbocycles. The van der Waals surface area contributed by atoms with E-state index in [-0.39, 0.29) is 17.9 Å². The van der Waals surface area contributed by atoms with Crippen LogP contribution in [-0.4, -0.2) is 54.6 Å². The van der Waals surface area contributed by atoms with E-state index < -0.39 is 5.54 Å². The fraction of sp³-hybridized carbons (Fsp3) is 0.833. The van der Waals surface area contributed by atoms with Gasteiger partial charge < -0.3 is 20.7 Å². The maximum Gasteiger partial charge on any atom is 0.242 e. The van der Waals surface area contributed by atoms with Gasteiger partial charge in [0.05, 0.1) is 6.61 Å². The number of rotatable bonds is 2. The van der Waals surface area contributed by atoms with Crippen molar-refractivity contribution in [2.24, 2.45) is 5.73 Å². The van der Waals surface area contributed by atoms with Crippen molar-refractivity contribution in [1.29, 1.82) is 0 Å². The van der Waals surface area contributed by atoms with Gasteiger partial charge in [0, 0.05) is 32.7 Å². The average molecular weight is 255 g/mol. The van der Waals surface area contributed by atoms with Crippen LogP contribution < -0.4 is 11.1 Å². The van der Waals surface area contributed by atoms with Gasteiger partial charge in [0.25, 0.3) is 0 Å². The van der Waals surface area contributed by atoms with Crippen molar-refractivity contribution in [2.75, 3.05) is 26.3 Å². The van der Waals surface area contributed by atoms with Crippen molar-refractivity contribution in [1.82, 2.24) is 10.2 Å². The Morgan fingerprint density at radius 3 is 2.56 bits per heavy atom. The second-order valence-electron chi connectivity index (χ2n) is 5.21. The molecule has 2 heterocycles. The number of nitrogens with one attached hydrogen (secondary N) is 1. The summed E-state index contributed by atoms with van der Waals surface area (Å²) in [4.78, 5) is 25.0. The second kappa shape index (κ2) is 5.24. The number of ether oxygens (including phenoxy) is 1. The Morgan fingerprint density at radius 2 is 2.06 bits per heavy atom. The van der Waals surface area contributed by atoms with E-state index in [1.807, 2.05) is 0 Å². The minimum atomic E-state index is -0.863. The van der Waals surface area contributed by atoms with E-state index >= 15 is 0 Å². The Morgan fingerprint density at radius 1 is 1.39 bits per heavy atom. The van der Waals surface area contributed by atoms with E-state index in [0.717, 1.165) is 12.8 Å². The number of hydrogen-bond acceptors (Lipinski definition) is 4. The van der Waals surface area contributed by atoms with Crippen molar-refractivity contribution in [3.63, 3.8) is 0 Å². The maximum absolute atomic E-state index is 12.1. The van der Waals surface area contributed by atoms with Crippen molar-refractivity contribution >= 4 is 11.8 Å². The molecule has 6 heteroatoms. The average Bonchev–Trinajstić information content (AvgIpc) is 2.78. The molecule has 0 aromatic heterocycles. The van der Waals surface area contributed by atoms with E-state index in [1.54, 1.807) is 11.8 Å². The lowest BCUT2D eigenvalue weighted by Gasteiger charge is -2.33. The molecule has 2 rings (SSSR count). The number of carbonyl (C=O) groups excluding carboxylic acids is 2. The number of amides is 2. The first-order chi connectivity index (χ1) is 8.51. The highest BCUT2D eigenvalue weighted by atomic mass is 16.5. The summed E-state index contributed by atoms with van der Waals surface area (Å²) in [6.45, 7) is 3.82. The zero-order valence-electron chi connectivity index (χ0n) is 10.8. The Hall–Kier alpha value is -1.14. The van der Waals surface area contributed by atoms with Gasteiger partial charge in [-0.2, -0.15) is 0 Å². The molecule has 0 radical (unpaired) electrons. The topological polar surface area (TPSA) is 84.7 Å². The lowest BCUT2D eigenvalue weighted by molar-refractivity contribution is -0.130. The lowest BCUT2D eigenvalue weighted by Crippen LogP contribution is -2.58. The van der Waals surface area contributed by atoms with Crippen LogP contribution in [0.4, 0.5) is 0 Å². The number of likely N-dealkylation sites (tertiary alicyclic amines) is 1. The van der Waals surface area contributed by atoms with E-state index in [9.17, 15) is 9.59 Å². The summed E-state index contributed by atoms with van der Waals surface area (Å²) in [6, 6.07) is 0.120. The predicted octanol–water partition coefficient (Wildman–Crippen LogP) is -0.769. The zero-order chi connectivity index (χ0) is 13.2. The smallest absolute Gasteiger partial charge is 0.242 e. The van der Waals surface area contributed by atoms with Crippen molar-refractivity contribution in [2.45, 2.75) is 37.8 Å². The minimum Gasteiger partial charge on any atom is -0.379 e. The van der Waals surface area contributed by atoms with Crippen molar-refractivity contribution < 1.29 is 14.3 Å². The molecule has 3 N–H and O–H groups in total. The summed E-state index contributed by atoms with van der Waals surface area (Å²) in [5, 5.41) is 2.98. The molecule has 2 saturated heterocycles. The summed E-state index contributed by atoms with van der Waals surface area (Å²) in [7, 11) is 0. The van der Waals surface area contributed by atoms with Crippen LogP contribution in [0, 0.1) is 0 Å². The molecular weight excluding hydrogens is 234 g/mol. The van der Waals surface area contributed by atoms with Crippen LogP contribution in [-0.2, 0) is 14.3 Å². The number of nitrogens with zero attached hydrogens (tertiary/aromatic N) is 1. The van der Waals surface area contributed by atoms with Crippen LogP contribution in [0.3, 0.4) is 0 Å². The molecule has 2 aliphatic heterocycles. The molecule has 2 aliphatic rings. The Balaban J connectivity index is 1.81. The zero-order valence-corrected chi connectivity index (χ0v) is 10.8. The van der Waals surface area contributed by atoms with Gasteiger partial charge in [-0.05, 0) is 19.3 Å². The molecule has 0 aromatic rings. The monoisotopic (exact) mass is 255 g/mol. The first-order valence-electron chi connectivity index (χ1n) is 6.44. The molecule has 0 saturated carbocycles. The summed E-state index contributed by atoms with van der Waals surface area (Å²) in [5.74, 6) is -0.0273. The van der Waals surface area contributed by atoms with Crippen LogP contribution >= 0.6 is 0 Å². The van der Waals surface area contributed by atoms with E-state index in [0.29, 0.717) is 32.7 Å². The fourth-order valence-electron chi connectivity index (χ4n) is 2.43. The molecule has 6 nitrogen and oxygen atoms in total. The van der Waals surface area contributed by atoms with Crippen LogP contribution in [0.15, 0.2) is 0 Å². The largest absolute Gasteiger partial charge is 0.379 e. The number of carbonyl (C=O) groups is 2. The first kappa shape index (κ1) is 13.3. The summed E-state index contributed by atoms with van der Waals surface area (Å²) in [6.07, 6.45) is 2.16. The molecule has 0 spiro atoms. The normalized spacial score (nSPS) is 29.3. The van der Waals surface area contributed by atoms with Gasteiger partial charge in [-0.3, -0.25) is 9.59 Å². The fourth-order valence-corrected chi connectivity index (χ4v) is 2.43. The Labute approximate surface area is 107 Å². The van der Waals surface area contributed by atoms with Crippen LogP contribution in [0.5, 0.6) is 0 Å². The molecule has 1 atom stereocenters. The van der Waals surface area contributed by atoms with Crippen LogP contribution in [0.1, 0.15) is 26.2 Å². The quantitative estimate of drug-likeness (QED) is 0.678. The van der Waals surface area contributed by atoms with Gasteiger partial charge in [-0.1, -0.05) is 0 Å². The maximum atomic E-state index is 12.1. The van der Waals surface area contributed by atoms with Gasteiger partial charge >= 0.3 is 0 Å². The van der Waals surface area contributed by atoms with Gasteiger partial charge in [0.15, 0.2) is 0 Å². The Bertz CT molecular complexity index is 331. The summed E-state index contributed by atoms with van der Waals surface area (Å²) < 4.78 is 5.18.